The maximum absolute atomic E-state index is 12.7. The second-order valence-corrected chi connectivity index (χ2v) is 7.30. The Morgan fingerprint density at radius 2 is 1.62 bits per heavy atom. The van der Waals surface area contributed by atoms with Crippen molar-refractivity contribution in [2.24, 2.45) is 5.92 Å². The first-order chi connectivity index (χ1) is 12.3. The van der Waals surface area contributed by atoms with E-state index in [1.54, 1.807) is 0 Å². The molecule has 0 fully saturated rings. The highest BCUT2D eigenvalue weighted by Crippen LogP contribution is 2.33. The average Bonchev–Trinajstić information content (AvgIpc) is 2.59. The number of benzene rings is 2. The monoisotopic (exact) mass is 354 g/mol. The molecule has 0 aliphatic heterocycles. The Labute approximate surface area is 157 Å². The summed E-state index contributed by atoms with van der Waals surface area (Å²) >= 11 is 0. The summed E-state index contributed by atoms with van der Waals surface area (Å²) in [5.41, 5.74) is 4.49. The smallest absolute Gasteiger partial charge is 0.340 e. The van der Waals surface area contributed by atoms with E-state index in [1.165, 1.54) is 23.8 Å². The molecule has 2 rings (SSSR count). The molecule has 0 radical (unpaired) electrons. The first kappa shape index (κ1) is 20.2. The molecule has 3 heteroatoms. The molecule has 0 bridgehead atoms. The number of carbonyl (C=O) groups is 1. The summed E-state index contributed by atoms with van der Waals surface area (Å²) in [6.45, 7) is 10.5. The van der Waals surface area contributed by atoms with Crippen molar-refractivity contribution < 1.29 is 14.3 Å². The molecule has 0 N–H and O–H groups in total. The van der Waals surface area contributed by atoms with Crippen LogP contribution in [0.5, 0.6) is 0 Å². The zero-order valence-electron chi connectivity index (χ0n) is 16.7. The van der Waals surface area contributed by atoms with E-state index in [1.807, 2.05) is 37.3 Å². The first-order valence-electron chi connectivity index (χ1n) is 9.20. The van der Waals surface area contributed by atoms with Gasteiger partial charge in [0.25, 0.3) is 0 Å². The Morgan fingerprint density at radius 3 is 2.19 bits per heavy atom. The topological polar surface area (TPSA) is 35.5 Å². The summed E-state index contributed by atoms with van der Waals surface area (Å²) in [4.78, 5) is 12.7. The van der Waals surface area contributed by atoms with Gasteiger partial charge in [-0.05, 0) is 43.4 Å². The SMILES string of the molecule is CO[C@H](C(=O)O[C@H](C)[C@H](c1cc(C)ccc1C)C(C)C)c1ccccc1. The van der Waals surface area contributed by atoms with Crippen molar-refractivity contribution in [2.45, 2.75) is 52.7 Å². The lowest BCUT2D eigenvalue weighted by Crippen LogP contribution is -2.29. The number of aryl methyl sites for hydroxylation is 2. The standard InChI is InChI=1S/C23H30O3/c1-15(2)21(20-14-16(3)12-13-17(20)4)18(5)26-23(24)22(25-6)19-10-8-7-9-11-19/h7-15,18,21-22H,1-6H3/t18-,21-,22+/m1/s1. The second kappa shape index (κ2) is 9.00. The van der Waals surface area contributed by atoms with E-state index in [2.05, 4.69) is 45.9 Å². The molecule has 0 amide bonds. The van der Waals surface area contributed by atoms with Crippen molar-refractivity contribution in [1.29, 1.82) is 0 Å². The van der Waals surface area contributed by atoms with Crippen molar-refractivity contribution in [3.05, 3.63) is 70.8 Å². The van der Waals surface area contributed by atoms with E-state index in [-0.39, 0.29) is 18.0 Å². The summed E-state index contributed by atoms with van der Waals surface area (Å²) in [6, 6.07) is 15.9. The van der Waals surface area contributed by atoms with Crippen molar-refractivity contribution in [3.8, 4) is 0 Å². The Hall–Kier alpha value is -2.13. The van der Waals surface area contributed by atoms with Crippen LogP contribution in [0.15, 0.2) is 48.5 Å². The zero-order chi connectivity index (χ0) is 19.3. The van der Waals surface area contributed by atoms with E-state index in [0.717, 1.165) is 5.56 Å². The molecule has 3 atom stereocenters. The van der Waals surface area contributed by atoms with Crippen LogP contribution in [0.1, 0.15) is 55.0 Å². The molecule has 0 saturated carbocycles. The second-order valence-electron chi connectivity index (χ2n) is 7.30. The average molecular weight is 354 g/mol. The summed E-state index contributed by atoms with van der Waals surface area (Å²) in [7, 11) is 1.54. The van der Waals surface area contributed by atoms with Gasteiger partial charge in [-0.25, -0.2) is 4.79 Å². The highest BCUT2D eigenvalue weighted by Gasteiger charge is 2.30. The summed E-state index contributed by atoms with van der Waals surface area (Å²) in [5, 5.41) is 0. The molecule has 0 heterocycles. The van der Waals surface area contributed by atoms with Gasteiger partial charge in [0.1, 0.15) is 6.10 Å². The van der Waals surface area contributed by atoms with E-state index < -0.39 is 6.10 Å². The van der Waals surface area contributed by atoms with Gasteiger partial charge < -0.3 is 9.47 Å². The van der Waals surface area contributed by atoms with Crippen LogP contribution < -0.4 is 0 Å². The maximum Gasteiger partial charge on any atom is 0.340 e. The number of methoxy groups -OCH3 is 1. The minimum atomic E-state index is -0.704. The van der Waals surface area contributed by atoms with Crippen molar-refractivity contribution in [2.75, 3.05) is 7.11 Å². The normalized spacial score (nSPS) is 14.7. The van der Waals surface area contributed by atoms with Crippen LogP contribution in [0.2, 0.25) is 0 Å². The van der Waals surface area contributed by atoms with Gasteiger partial charge in [-0.15, -0.1) is 0 Å². The molecule has 26 heavy (non-hydrogen) atoms. The van der Waals surface area contributed by atoms with E-state index in [9.17, 15) is 4.79 Å². The Morgan fingerprint density at radius 1 is 0.962 bits per heavy atom. The fourth-order valence-corrected chi connectivity index (χ4v) is 3.59. The maximum atomic E-state index is 12.7. The summed E-state index contributed by atoms with van der Waals surface area (Å²) in [6.07, 6.45) is -0.950. The number of hydrogen-bond donors (Lipinski definition) is 0. The van der Waals surface area contributed by atoms with Gasteiger partial charge in [-0.2, -0.15) is 0 Å². The van der Waals surface area contributed by atoms with E-state index in [4.69, 9.17) is 9.47 Å². The molecule has 0 unspecified atom stereocenters. The predicted octanol–water partition coefficient (Wildman–Crippen LogP) is 5.36. The third kappa shape index (κ3) is 4.73. The van der Waals surface area contributed by atoms with Crippen molar-refractivity contribution in [3.63, 3.8) is 0 Å². The molecule has 0 aromatic heterocycles. The van der Waals surface area contributed by atoms with Crippen LogP contribution in [-0.2, 0) is 14.3 Å². The molecule has 3 nitrogen and oxygen atoms in total. The van der Waals surface area contributed by atoms with Gasteiger partial charge in [0.2, 0.25) is 0 Å². The molecule has 0 aliphatic rings. The number of hydrogen-bond acceptors (Lipinski definition) is 3. The third-order valence-electron chi connectivity index (χ3n) is 4.87. The van der Waals surface area contributed by atoms with Gasteiger partial charge in [-0.1, -0.05) is 67.9 Å². The highest BCUT2D eigenvalue weighted by molar-refractivity contribution is 5.76. The molecule has 2 aromatic rings. The van der Waals surface area contributed by atoms with Crippen molar-refractivity contribution in [1.82, 2.24) is 0 Å². The minimum Gasteiger partial charge on any atom is -0.460 e. The lowest BCUT2D eigenvalue weighted by atomic mass is 9.81. The molecule has 140 valence electrons. The van der Waals surface area contributed by atoms with Crippen LogP contribution >= 0.6 is 0 Å². The first-order valence-corrected chi connectivity index (χ1v) is 9.20. The Kier molecular flexibility index (Phi) is 6.98. The van der Waals surface area contributed by atoms with Gasteiger partial charge in [0.15, 0.2) is 6.10 Å². The van der Waals surface area contributed by atoms with Gasteiger partial charge >= 0.3 is 5.97 Å². The fourth-order valence-electron chi connectivity index (χ4n) is 3.59. The van der Waals surface area contributed by atoms with E-state index >= 15 is 0 Å². The lowest BCUT2D eigenvalue weighted by Gasteiger charge is -2.30. The molecule has 0 saturated heterocycles. The van der Waals surface area contributed by atoms with Crippen LogP contribution in [0.3, 0.4) is 0 Å². The molecule has 0 spiro atoms. The number of ether oxygens (including phenoxy) is 2. The quantitative estimate of drug-likeness (QED) is 0.628. The largest absolute Gasteiger partial charge is 0.460 e. The fraction of sp³-hybridized carbons (Fsp3) is 0.435. The number of esters is 1. The van der Waals surface area contributed by atoms with E-state index in [0.29, 0.717) is 5.92 Å². The summed E-state index contributed by atoms with van der Waals surface area (Å²) < 4.78 is 11.3. The van der Waals surface area contributed by atoms with Gasteiger partial charge in [0, 0.05) is 13.0 Å². The number of carbonyl (C=O) groups excluding carboxylic acids is 1. The van der Waals surface area contributed by atoms with Gasteiger partial charge in [-0.3, -0.25) is 0 Å². The third-order valence-corrected chi connectivity index (χ3v) is 4.87. The van der Waals surface area contributed by atoms with Crippen LogP contribution in [0, 0.1) is 19.8 Å². The highest BCUT2D eigenvalue weighted by atomic mass is 16.6. The lowest BCUT2D eigenvalue weighted by molar-refractivity contribution is -0.162. The number of rotatable bonds is 7. The van der Waals surface area contributed by atoms with Crippen LogP contribution in [-0.4, -0.2) is 19.2 Å². The Bertz CT molecular complexity index is 721. The summed E-state index contributed by atoms with van der Waals surface area (Å²) in [5.74, 6) is 0.130. The zero-order valence-corrected chi connectivity index (χ0v) is 16.7. The molecular formula is C23H30O3. The van der Waals surface area contributed by atoms with Crippen molar-refractivity contribution >= 4 is 5.97 Å². The molecular weight excluding hydrogens is 324 g/mol. The minimum absolute atomic E-state index is 0.132. The Balaban J connectivity index is 2.23. The van der Waals surface area contributed by atoms with Crippen LogP contribution in [0.25, 0.3) is 0 Å². The predicted molar refractivity (Wildman–Crippen MR) is 105 cm³/mol. The molecule has 0 aliphatic carbocycles. The van der Waals surface area contributed by atoms with Gasteiger partial charge in [0.05, 0.1) is 0 Å². The molecule has 2 aromatic carbocycles. The van der Waals surface area contributed by atoms with Crippen LogP contribution in [0.4, 0.5) is 0 Å².